The summed E-state index contributed by atoms with van der Waals surface area (Å²) in [5.74, 6) is 0. The summed E-state index contributed by atoms with van der Waals surface area (Å²) >= 11 is 6.11. The fraction of sp³-hybridized carbons (Fsp3) is 0.333. The van der Waals surface area contributed by atoms with Gasteiger partial charge < -0.3 is 5.32 Å². The Bertz CT molecular complexity index is 697. The summed E-state index contributed by atoms with van der Waals surface area (Å²) in [7, 11) is 0. The van der Waals surface area contributed by atoms with Crippen LogP contribution in [0.15, 0.2) is 48.5 Å². The Morgan fingerprint density at radius 2 is 1.58 bits per heavy atom. The molecule has 1 heterocycles. The van der Waals surface area contributed by atoms with Gasteiger partial charge >= 0.3 is 6.18 Å². The fourth-order valence-electron chi connectivity index (χ4n) is 3.12. The first-order chi connectivity index (χ1) is 11.4. The zero-order valence-electron chi connectivity index (χ0n) is 13.0. The van der Waals surface area contributed by atoms with E-state index in [-0.39, 0.29) is 6.04 Å². The van der Waals surface area contributed by atoms with Crippen molar-refractivity contribution in [2.75, 3.05) is 26.2 Å². The topological polar surface area (TPSA) is 15.3 Å². The van der Waals surface area contributed by atoms with Crippen molar-refractivity contribution in [2.45, 2.75) is 12.2 Å². The number of hydrogen-bond acceptors (Lipinski definition) is 2. The molecule has 2 nitrogen and oxygen atoms in total. The van der Waals surface area contributed by atoms with Gasteiger partial charge in [-0.25, -0.2) is 0 Å². The summed E-state index contributed by atoms with van der Waals surface area (Å²) in [6, 6.07) is 12.7. The van der Waals surface area contributed by atoms with Crippen LogP contribution in [0.5, 0.6) is 0 Å². The third kappa shape index (κ3) is 3.91. The molecule has 3 rings (SSSR count). The number of piperazine rings is 1. The van der Waals surface area contributed by atoms with Crippen molar-refractivity contribution in [1.29, 1.82) is 0 Å². The van der Waals surface area contributed by atoms with Crippen molar-refractivity contribution < 1.29 is 13.2 Å². The smallest absolute Gasteiger partial charge is 0.314 e. The molecule has 128 valence electrons. The van der Waals surface area contributed by atoms with Crippen molar-refractivity contribution in [1.82, 2.24) is 10.2 Å². The first-order valence-electron chi connectivity index (χ1n) is 7.82. The van der Waals surface area contributed by atoms with Crippen LogP contribution in [0.1, 0.15) is 22.7 Å². The SMILES string of the molecule is FC(F)(F)c1cccc(C(c2cccc(Cl)c2)N2CCNCC2)c1. The van der Waals surface area contributed by atoms with Crippen molar-refractivity contribution >= 4 is 11.6 Å². The van der Waals surface area contributed by atoms with Gasteiger partial charge in [0, 0.05) is 31.2 Å². The highest BCUT2D eigenvalue weighted by molar-refractivity contribution is 6.30. The van der Waals surface area contributed by atoms with E-state index in [0.29, 0.717) is 10.6 Å². The van der Waals surface area contributed by atoms with Crippen LogP contribution in [0, 0.1) is 0 Å². The Kier molecular flexibility index (Phi) is 5.13. The lowest BCUT2D eigenvalue weighted by molar-refractivity contribution is -0.137. The van der Waals surface area contributed by atoms with E-state index < -0.39 is 11.7 Å². The zero-order chi connectivity index (χ0) is 17.2. The quantitative estimate of drug-likeness (QED) is 0.881. The van der Waals surface area contributed by atoms with Gasteiger partial charge in [0.15, 0.2) is 0 Å². The molecule has 1 N–H and O–H groups in total. The molecule has 0 radical (unpaired) electrons. The average Bonchev–Trinajstić information content (AvgIpc) is 2.56. The van der Waals surface area contributed by atoms with Crippen LogP contribution in [0.4, 0.5) is 13.2 Å². The second-order valence-corrected chi connectivity index (χ2v) is 6.30. The van der Waals surface area contributed by atoms with Gasteiger partial charge in [0.25, 0.3) is 0 Å². The monoisotopic (exact) mass is 354 g/mol. The molecule has 1 atom stereocenters. The minimum atomic E-state index is -4.35. The summed E-state index contributed by atoms with van der Waals surface area (Å²) < 4.78 is 39.3. The summed E-state index contributed by atoms with van der Waals surface area (Å²) in [5.41, 5.74) is 0.917. The largest absolute Gasteiger partial charge is 0.416 e. The number of halogens is 4. The molecule has 0 bridgehead atoms. The summed E-state index contributed by atoms with van der Waals surface area (Å²) in [6.45, 7) is 3.17. The fourth-order valence-corrected chi connectivity index (χ4v) is 3.31. The summed E-state index contributed by atoms with van der Waals surface area (Å²) in [5, 5.41) is 3.85. The average molecular weight is 355 g/mol. The lowest BCUT2D eigenvalue weighted by Crippen LogP contribution is -2.45. The Hall–Kier alpha value is -1.56. The summed E-state index contributed by atoms with van der Waals surface area (Å²) in [4.78, 5) is 2.19. The Morgan fingerprint density at radius 3 is 2.21 bits per heavy atom. The van der Waals surface area contributed by atoms with E-state index in [1.165, 1.54) is 12.1 Å². The third-order valence-electron chi connectivity index (χ3n) is 4.21. The maximum absolute atomic E-state index is 13.1. The van der Waals surface area contributed by atoms with E-state index in [1.54, 1.807) is 12.1 Å². The Labute approximate surface area is 144 Å². The molecule has 1 aliphatic rings. The van der Waals surface area contributed by atoms with Gasteiger partial charge in [-0.1, -0.05) is 35.9 Å². The first kappa shape index (κ1) is 17.3. The number of hydrogen-bond donors (Lipinski definition) is 1. The number of benzene rings is 2. The molecule has 0 aliphatic carbocycles. The van der Waals surface area contributed by atoms with E-state index in [1.807, 2.05) is 18.2 Å². The van der Waals surface area contributed by atoms with Crippen LogP contribution in [0.25, 0.3) is 0 Å². The third-order valence-corrected chi connectivity index (χ3v) is 4.45. The lowest BCUT2D eigenvalue weighted by atomic mass is 9.95. The van der Waals surface area contributed by atoms with Gasteiger partial charge in [0.2, 0.25) is 0 Å². The molecular weight excluding hydrogens is 337 g/mol. The van der Waals surface area contributed by atoms with Gasteiger partial charge in [0.05, 0.1) is 11.6 Å². The molecule has 1 aliphatic heterocycles. The molecule has 1 saturated heterocycles. The standard InChI is InChI=1S/C18H18ClF3N2/c19-16-6-2-4-14(12-16)17(24-9-7-23-8-10-24)13-3-1-5-15(11-13)18(20,21)22/h1-6,11-12,17,23H,7-10H2. The van der Waals surface area contributed by atoms with Crippen LogP contribution in [-0.4, -0.2) is 31.1 Å². The number of nitrogens with zero attached hydrogens (tertiary/aromatic N) is 1. The van der Waals surface area contributed by atoms with E-state index in [2.05, 4.69) is 10.2 Å². The second-order valence-electron chi connectivity index (χ2n) is 5.87. The van der Waals surface area contributed by atoms with Crippen molar-refractivity contribution in [3.63, 3.8) is 0 Å². The molecule has 6 heteroatoms. The molecule has 24 heavy (non-hydrogen) atoms. The second kappa shape index (κ2) is 7.13. The van der Waals surface area contributed by atoms with Crippen LogP contribution >= 0.6 is 11.6 Å². The Morgan fingerprint density at radius 1 is 0.958 bits per heavy atom. The van der Waals surface area contributed by atoms with Gasteiger partial charge in [-0.2, -0.15) is 13.2 Å². The molecule has 2 aromatic rings. The molecule has 0 saturated carbocycles. The van der Waals surface area contributed by atoms with E-state index >= 15 is 0 Å². The van der Waals surface area contributed by atoms with Crippen molar-refractivity contribution in [3.05, 3.63) is 70.2 Å². The van der Waals surface area contributed by atoms with E-state index in [4.69, 9.17) is 11.6 Å². The number of nitrogens with one attached hydrogen (secondary N) is 1. The molecule has 1 unspecified atom stereocenters. The van der Waals surface area contributed by atoms with E-state index in [9.17, 15) is 13.2 Å². The predicted octanol–water partition coefficient (Wildman–Crippen LogP) is 4.35. The molecule has 2 aromatic carbocycles. The van der Waals surface area contributed by atoms with Gasteiger partial charge in [-0.05, 0) is 35.4 Å². The minimum absolute atomic E-state index is 0.243. The van der Waals surface area contributed by atoms with Gasteiger partial charge in [0.1, 0.15) is 0 Å². The zero-order valence-corrected chi connectivity index (χ0v) is 13.7. The lowest BCUT2D eigenvalue weighted by Gasteiger charge is -2.36. The number of alkyl halides is 3. The van der Waals surface area contributed by atoms with Crippen molar-refractivity contribution in [2.24, 2.45) is 0 Å². The molecule has 0 aromatic heterocycles. The highest BCUT2D eigenvalue weighted by Gasteiger charge is 2.32. The highest BCUT2D eigenvalue weighted by atomic mass is 35.5. The van der Waals surface area contributed by atoms with Crippen molar-refractivity contribution in [3.8, 4) is 0 Å². The van der Waals surface area contributed by atoms with Crippen LogP contribution in [0.3, 0.4) is 0 Å². The van der Waals surface area contributed by atoms with Gasteiger partial charge in [-0.15, -0.1) is 0 Å². The minimum Gasteiger partial charge on any atom is -0.314 e. The highest BCUT2D eigenvalue weighted by Crippen LogP contribution is 2.35. The number of rotatable bonds is 3. The van der Waals surface area contributed by atoms with Crippen LogP contribution < -0.4 is 5.32 Å². The van der Waals surface area contributed by atoms with Crippen LogP contribution in [-0.2, 0) is 6.18 Å². The first-order valence-corrected chi connectivity index (χ1v) is 8.20. The normalized spacial score (nSPS) is 17.7. The molecular formula is C18H18ClF3N2. The summed E-state index contributed by atoms with van der Waals surface area (Å²) in [6.07, 6.45) is -4.35. The molecule has 1 fully saturated rings. The maximum atomic E-state index is 13.1. The van der Waals surface area contributed by atoms with E-state index in [0.717, 1.165) is 37.8 Å². The Balaban J connectivity index is 2.04. The molecule has 0 spiro atoms. The predicted molar refractivity (Wildman–Crippen MR) is 89.2 cm³/mol. The van der Waals surface area contributed by atoms with Gasteiger partial charge in [-0.3, -0.25) is 4.90 Å². The maximum Gasteiger partial charge on any atom is 0.416 e. The van der Waals surface area contributed by atoms with Crippen LogP contribution in [0.2, 0.25) is 5.02 Å². The molecule has 0 amide bonds.